The number of hydrogen-bond donors (Lipinski definition) is 3. The molecular formula is C29H36N2O9. The Morgan fingerprint density at radius 1 is 1.10 bits per heavy atom. The van der Waals surface area contributed by atoms with Crippen molar-refractivity contribution in [2.75, 3.05) is 14.1 Å². The summed E-state index contributed by atoms with van der Waals surface area (Å²) in [5.41, 5.74) is 2.56. The van der Waals surface area contributed by atoms with Gasteiger partial charge < -0.3 is 20.7 Å². The largest absolute Gasteiger partial charge is 0.507 e. The first-order valence-corrected chi connectivity index (χ1v) is 13.3. The molecule has 1 aromatic rings. The van der Waals surface area contributed by atoms with Crippen LogP contribution in [-0.4, -0.2) is 82.0 Å². The van der Waals surface area contributed by atoms with Crippen LogP contribution in [-0.2, 0) is 34.1 Å². The third-order valence-electron chi connectivity index (χ3n) is 8.82. The molecule has 3 aliphatic rings. The van der Waals surface area contributed by atoms with Crippen LogP contribution >= 0.6 is 0 Å². The summed E-state index contributed by atoms with van der Waals surface area (Å²) in [5.74, 6) is -14.0. The highest BCUT2D eigenvalue weighted by molar-refractivity contribution is 6.32. The maximum absolute atomic E-state index is 14.2. The quantitative estimate of drug-likeness (QED) is 0.352. The molecule has 1 aromatic carbocycles. The monoisotopic (exact) mass is 556 g/mol. The van der Waals surface area contributed by atoms with Gasteiger partial charge in [-0.3, -0.25) is 33.7 Å². The molecule has 8 atom stereocenters. The molecule has 0 saturated heterocycles. The minimum absolute atomic E-state index is 0.0972. The molecule has 3 aliphatic carbocycles. The lowest BCUT2D eigenvalue weighted by Gasteiger charge is -2.56. The molecular weight excluding hydrogens is 520 g/mol. The Balaban J connectivity index is 2.04. The number of benzene rings is 1. The van der Waals surface area contributed by atoms with Crippen molar-refractivity contribution < 1.29 is 43.7 Å². The second kappa shape index (κ2) is 9.59. The summed E-state index contributed by atoms with van der Waals surface area (Å²) in [6.07, 6.45) is -1.54. The minimum atomic E-state index is -3.04. The fourth-order valence-electron chi connectivity index (χ4n) is 6.95. The first kappa shape index (κ1) is 29.5. The molecule has 0 bridgehead atoms. The lowest BCUT2D eigenvalue weighted by atomic mass is 9.49. The first-order chi connectivity index (χ1) is 18.4. The van der Waals surface area contributed by atoms with Crippen LogP contribution in [0.5, 0.6) is 5.75 Å². The first-order valence-electron chi connectivity index (χ1n) is 13.3. The normalized spacial score (nSPS) is 33.8. The van der Waals surface area contributed by atoms with Gasteiger partial charge in [-0.15, -0.1) is 0 Å². The molecule has 4 rings (SSSR count). The lowest BCUT2D eigenvalue weighted by Crippen LogP contribution is -2.78. The number of nitrogens with zero attached hydrogens (tertiary/aromatic N) is 1. The van der Waals surface area contributed by atoms with Crippen LogP contribution in [0.2, 0.25) is 0 Å². The third-order valence-corrected chi connectivity index (χ3v) is 8.82. The summed E-state index contributed by atoms with van der Waals surface area (Å²) in [4.78, 5) is 81.8. The molecule has 0 aliphatic heterocycles. The molecule has 2 fully saturated rings. The number of phenolic OH excluding ortho intramolecular Hbond substituents is 1. The second-order valence-corrected chi connectivity index (χ2v) is 12.4. The van der Waals surface area contributed by atoms with Crippen LogP contribution in [0.1, 0.15) is 68.4 Å². The number of phenols is 1. The highest BCUT2D eigenvalue weighted by atomic mass is 16.5. The number of esters is 1. The number of fused-ring (bicyclic) bond motifs is 3. The van der Waals surface area contributed by atoms with Gasteiger partial charge in [0.1, 0.15) is 11.9 Å². The standard InChI is InChI=1S/C29H36N2O9/c1-8-14(32)40-24-15-11(2)12-9-10-13(28(3,4)5)21(33)16(12)22(34)17(15)25(36)29(39)19(24)20(31(6)7)23(35)18(26(29)37)27(30)38/h9-11,15,17-20,24,33,39H,8H2,1-7H3,(H2,30,38). The highest BCUT2D eigenvalue weighted by Crippen LogP contribution is 2.56. The highest BCUT2D eigenvalue weighted by Gasteiger charge is 2.74. The minimum Gasteiger partial charge on any atom is -0.507 e. The third kappa shape index (κ3) is 3.93. The van der Waals surface area contributed by atoms with E-state index in [1.54, 1.807) is 19.1 Å². The van der Waals surface area contributed by atoms with Crippen LogP contribution in [0.3, 0.4) is 0 Å². The summed E-state index contributed by atoms with van der Waals surface area (Å²) in [7, 11) is 2.92. The van der Waals surface area contributed by atoms with Crippen molar-refractivity contribution in [1.82, 2.24) is 4.90 Å². The van der Waals surface area contributed by atoms with E-state index in [2.05, 4.69) is 0 Å². The van der Waals surface area contributed by atoms with Gasteiger partial charge in [0, 0.05) is 12.3 Å². The number of hydrogen-bond acceptors (Lipinski definition) is 10. The van der Waals surface area contributed by atoms with Gasteiger partial charge in [0.2, 0.25) is 5.91 Å². The number of amides is 1. The Kier molecular flexibility index (Phi) is 7.08. The molecule has 0 radical (unpaired) electrons. The molecule has 4 N–H and O–H groups in total. The number of aromatic hydroxyl groups is 1. The van der Waals surface area contributed by atoms with Crippen LogP contribution in [0.25, 0.3) is 0 Å². The molecule has 0 spiro atoms. The van der Waals surface area contributed by atoms with E-state index in [1.165, 1.54) is 25.9 Å². The molecule has 40 heavy (non-hydrogen) atoms. The van der Waals surface area contributed by atoms with Crippen molar-refractivity contribution in [2.24, 2.45) is 29.4 Å². The van der Waals surface area contributed by atoms with Crippen molar-refractivity contribution >= 4 is 35.0 Å². The van der Waals surface area contributed by atoms with Crippen molar-refractivity contribution in [3.05, 3.63) is 28.8 Å². The zero-order valence-electron chi connectivity index (χ0n) is 23.7. The summed E-state index contributed by atoms with van der Waals surface area (Å²) < 4.78 is 5.79. The Morgan fingerprint density at radius 3 is 2.20 bits per heavy atom. The fraction of sp³-hybridized carbons (Fsp3) is 0.586. The van der Waals surface area contributed by atoms with Gasteiger partial charge in [0.15, 0.2) is 34.7 Å². The van der Waals surface area contributed by atoms with E-state index in [9.17, 15) is 39.0 Å². The van der Waals surface area contributed by atoms with E-state index >= 15 is 0 Å². The maximum Gasteiger partial charge on any atom is 0.305 e. The number of primary amides is 1. The predicted octanol–water partition coefficient (Wildman–Crippen LogP) is 0.657. The Hall–Kier alpha value is -3.44. The average molecular weight is 557 g/mol. The van der Waals surface area contributed by atoms with Crippen LogP contribution < -0.4 is 5.73 Å². The molecule has 0 aromatic heterocycles. The van der Waals surface area contributed by atoms with Gasteiger partial charge in [-0.05, 0) is 36.6 Å². The van der Waals surface area contributed by atoms with E-state index in [0.717, 1.165) is 0 Å². The van der Waals surface area contributed by atoms with Crippen LogP contribution in [0.4, 0.5) is 0 Å². The fourth-order valence-corrected chi connectivity index (χ4v) is 6.95. The van der Waals surface area contributed by atoms with E-state index in [0.29, 0.717) is 11.1 Å². The zero-order chi connectivity index (χ0) is 30.2. The van der Waals surface area contributed by atoms with E-state index in [4.69, 9.17) is 10.5 Å². The topological polar surface area (TPSA) is 181 Å². The van der Waals surface area contributed by atoms with Gasteiger partial charge in [-0.1, -0.05) is 46.8 Å². The number of ether oxygens (including phenoxy) is 1. The number of ketones is 4. The Bertz CT molecular complexity index is 1340. The molecule has 1 amide bonds. The SMILES string of the molecule is CCC(=O)OC1C2C(C(=O)c3c(ccc(C(C)(C)C)c3O)C2C)C(=O)C2(O)C(=O)C(C(N)=O)C(=O)C(N(C)C)C12. The van der Waals surface area contributed by atoms with Gasteiger partial charge in [-0.25, -0.2) is 0 Å². The van der Waals surface area contributed by atoms with Crippen LogP contribution in [0, 0.1) is 23.7 Å². The van der Waals surface area contributed by atoms with E-state index in [1.807, 2.05) is 20.8 Å². The number of Topliss-reactive ketones (excluding diaryl/α,β-unsaturated/α-hetero) is 4. The number of likely N-dealkylation sites (N-methyl/N-ethyl adjacent to an activating group) is 1. The summed E-state index contributed by atoms with van der Waals surface area (Å²) in [6, 6.07) is 1.96. The number of carbonyl (C=O) groups is 6. The van der Waals surface area contributed by atoms with Gasteiger partial charge in [0.25, 0.3) is 0 Å². The van der Waals surface area contributed by atoms with Crippen molar-refractivity contribution in [1.29, 1.82) is 0 Å². The van der Waals surface area contributed by atoms with Crippen LogP contribution in [0.15, 0.2) is 12.1 Å². The van der Waals surface area contributed by atoms with Crippen molar-refractivity contribution in [3.63, 3.8) is 0 Å². The molecule has 216 valence electrons. The maximum atomic E-state index is 14.2. The number of carbonyl (C=O) groups excluding carboxylic acids is 6. The Labute approximate surface area is 232 Å². The molecule has 0 heterocycles. The zero-order valence-corrected chi connectivity index (χ0v) is 23.7. The number of aliphatic hydroxyl groups is 1. The Morgan fingerprint density at radius 2 is 1.70 bits per heavy atom. The van der Waals surface area contributed by atoms with Gasteiger partial charge >= 0.3 is 5.97 Å². The van der Waals surface area contributed by atoms with Crippen molar-refractivity contribution in [3.8, 4) is 5.75 Å². The molecule has 11 nitrogen and oxygen atoms in total. The van der Waals surface area contributed by atoms with Gasteiger partial charge in [0.05, 0.1) is 23.4 Å². The summed E-state index contributed by atoms with van der Waals surface area (Å²) in [5, 5.41) is 23.2. The predicted molar refractivity (Wildman–Crippen MR) is 140 cm³/mol. The second-order valence-electron chi connectivity index (χ2n) is 12.4. The van der Waals surface area contributed by atoms with E-state index in [-0.39, 0.29) is 17.7 Å². The molecule has 11 heteroatoms. The van der Waals surface area contributed by atoms with E-state index < -0.39 is 87.8 Å². The number of nitrogens with two attached hydrogens (primary N) is 1. The molecule has 2 saturated carbocycles. The molecule has 8 unspecified atom stereocenters. The van der Waals surface area contributed by atoms with Crippen molar-refractivity contribution in [2.45, 2.75) is 70.1 Å². The summed E-state index contributed by atoms with van der Waals surface area (Å²) >= 11 is 0. The lowest BCUT2D eigenvalue weighted by molar-refractivity contribution is -0.205. The number of rotatable bonds is 4. The smallest absolute Gasteiger partial charge is 0.305 e. The average Bonchev–Trinajstić information content (AvgIpc) is 2.84. The summed E-state index contributed by atoms with van der Waals surface area (Å²) in [6.45, 7) is 8.76. The van der Waals surface area contributed by atoms with Gasteiger partial charge in [-0.2, -0.15) is 0 Å².